The third-order valence-electron chi connectivity index (χ3n) is 5.40. The molecule has 115 valence electrons. The molecule has 0 unspecified atom stereocenters. The maximum atomic E-state index is 3.13. The van der Waals surface area contributed by atoms with E-state index in [1.165, 1.54) is 58.4 Å². The van der Waals surface area contributed by atoms with E-state index in [1.54, 1.807) is 11.1 Å². The summed E-state index contributed by atoms with van der Waals surface area (Å²) in [5, 5.41) is 5.56. The molecule has 0 spiro atoms. The molecule has 0 N–H and O–H groups in total. The number of rotatable bonds is 1. The van der Waals surface area contributed by atoms with Crippen molar-refractivity contribution < 1.29 is 0 Å². The molecule has 0 amide bonds. The molecule has 0 saturated heterocycles. The van der Waals surface area contributed by atoms with Crippen molar-refractivity contribution in [2.75, 3.05) is 0 Å². The highest BCUT2D eigenvalue weighted by Gasteiger charge is 2.15. The Balaban J connectivity index is 1.90. The van der Waals surface area contributed by atoms with Gasteiger partial charge in [0.1, 0.15) is 0 Å². The minimum atomic E-state index is 1.22. The smallest absolute Gasteiger partial charge is 0.00267 e. The van der Waals surface area contributed by atoms with E-state index in [-0.39, 0.29) is 0 Å². The molecular formula is C24H19. The lowest BCUT2D eigenvalue weighted by molar-refractivity contribution is 0.690. The summed E-state index contributed by atoms with van der Waals surface area (Å²) >= 11 is 0. The minimum absolute atomic E-state index is 1.22. The van der Waals surface area contributed by atoms with Crippen molar-refractivity contribution in [2.24, 2.45) is 0 Å². The zero-order valence-electron chi connectivity index (χ0n) is 13.7. The molecule has 0 atom stereocenters. The molecule has 5 rings (SSSR count). The molecule has 0 nitrogen and oxygen atoms in total. The molecule has 0 aliphatic heterocycles. The van der Waals surface area contributed by atoms with Crippen LogP contribution in [0.4, 0.5) is 0 Å². The summed E-state index contributed by atoms with van der Waals surface area (Å²) in [6, 6.07) is 27.4. The first-order chi connectivity index (χ1) is 11.9. The second-order valence-electron chi connectivity index (χ2n) is 6.76. The fraction of sp³-hybridized carbons (Fsp3) is 0.167. The second kappa shape index (κ2) is 5.49. The van der Waals surface area contributed by atoms with Gasteiger partial charge in [-0.3, -0.25) is 0 Å². The largest absolute Gasteiger partial charge is 0.0610 e. The highest BCUT2D eigenvalue weighted by Crippen LogP contribution is 2.37. The molecule has 0 bridgehead atoms. The van der Waals surface area contributed by atoms with E-state index in [2.05, 4.69) is 60.7 Å². The minimum Gasteiger partial charge on any atom is -0.0610 e. The second-order valence-corrected chi connectivity index (χ2v) is 6.76. The zero-order valence-corrected chi connectivity index (χ0v) is 13.7. The molecule has 0 heterocycles. The number of hydrogen-bond donors (Lipinski definition) is 0. The molecule has 24 heavy (non-hydrogen) atoms. The number of benzene rings is 4. The fourth-order valence-electron chi connectivity index (χ4n) is 4.25. The van der Waals surface area contributed by atoms with Crippen LogP contribution in [0.5, 0.6) is 0 Å². The standard InChI is InChI=1S/C24H19/c1-2-7-17(8-3-1)21-12-6-10-19-14-15-22-20-11-5-4-9-18(20)13-16-23(22)24(19)21/h2-3,6-8,10,12-16H,4-5,9,11H2. The molecule has 0 saturated carbocycles. The summed E-state index contributed by atoms with van der Waals surface area (Å²) in [6.07, 6.45) is 5.11. The lowest BCUT2D eigenvalue weighted by atomic mass is 9.85. The highest BCUT2D eigenvalue weighted by molar-refractivity contribution is 6.15. The summed E-state index contributed by atoms with van der Waals surface area (Å²) < 4.78 is 0. The predicted molar refractivity (Wildman–Crippen MR) is 102 cm³/mol. The Morgan fingerprint density at radius 2 is 1.54 bits per heavy atom. The van der Waals surface area contributed by atoms with Crippen molar-refractivity contribution >= 4 is 21.5 Å². The maximum absolute atomic E-state index is 3.13. The normalized spacial score (nSPS) is 14.0. The van der Waals surface area contributed by atoms with Crippen molar-refractivity contribution in [3.05, 3.63) is 83.9 Å². The molecule has 4 aromatic carbocycles. The first kappa shape index (κ1) is 13.8. The molecule has 1 radical (unpaired) electrons. The molecule has 0 aromatic heterocycles. The third-order valence-corrected chi connectivity index (χ3v) is 5.40. The van der Waals surface area contributed by atoms with Crippen molar-refractivity contribution in [3.8, 4) is 11.1 Å². The van der Waals surface area contributed by atoms with Crippen LogP contribution in [0.1, 0.15) is 24.0 Å². The predicted octanol–water partition coefficient (Wildman–Crippen LogP) is 6.34. The molecule has 1 aliphatic carbocycles. The average molecular weight is 307 g/mol. The van der Waals surface area contributed by atoms with Crippen molar-refractivity contribution in [1.29, 1.82) is 0 Å². The quantitative estimate of drug-likeness (QED) is 0.360. The van der Waals surface area contributed by atoms with E-state index in [0.717, 1.165) is 0 Å². The monoisotopic (exact) mass is 307 g/mol. The van der Waals surface area contributed by atoms with Gasteiger partial charge in [0.15, 0.2) is 0 Å². The van der Waals surface area contributed by atoms with Gasteiger partial charge in [0, 0.05) is 0 Å². The summed E-state index contributed by atoms with van der Waals surface area (Å²) in [5.41, 5.74) is 5.73. The Kier molecular flexibility index (Phi) is 3.16. The van der Waals surface area contributed by atoms with E-state index in [0.29, 0.717) is 0 Å². The van der Waals surface area contributed by atoms with Crippen LogP contribution < -0.4 is 0 Å². The third kappa shape index (κ3) is 2.06. The van der Waals surface area contributed by atoms with Crippen LogP contribution in [0.2, 0.25) is 0 Å². The lowest BCUT2D eigenvalue weighted by Gasteiger charge is -2.19. The zero-order chi connectivity index (χ0) is 15.9. The average Bonchev–Trinajstić information content (AvgIpc) is 2.67. The Morgan fingerprint density at radius 3 is 2.46 bits per heavy atom. The van der Waals surface area contributed by atoms with Crippen molar-refractivity contribution in [2.45, 2.75) is 25.7 Å². The topological polar surface area (TPSA) is 0 Å². The van der Waals surface area contributed by atoms with Crippen LogP contribution >= 0.6 is 0 Å². The number of fused-ring (bicyclic) bond motifs is 5. The van der Waals surface area contributed by atoms with E-state index in [1.807, 2.05) is 12.1 Å². The number of hydrogen-bond acceptors (Lipinski definition) is 0. The lowest BCUT2D eigenvalue weighted by Crippen LogP contribution is -2.03. The van der Waals surface area contributed by atoms with E-state index in [9.17, 15) is 0 Å². The van der Waals surface area contributed by atoms with Gasteiger partial charge >= 0.3 is 0 Å². The summed E-state index contributed by atoms with van der Waals surface area (Å²) in [6.45, 7) is 0. The Labute approximate surface area is 142 Å². The molecule has 0 heteroatoms. The van der Waals surface area contributed by atoms with Crippen LogP contribution in [-0.2, 0) is 12.8 Å². The summed E-state index contributed by atoms with van der Waals surface area (Å²) in [5.74, 6) is 0. The Morgan fingerprint density at radius 1 is 0.708 bits per heavy atom. The van der Waals surface area contributed by atoms with E-state index >= 15 is 0 Å². The fourth-order valence-corrected chi connectivity index (χ4v) is 4.25. The van der Waals surface area contributed by atoms with E-state index < -0.39 is 0 Å². The van der Waals surface area contributed by atoms with Crippen LogP contribution in [0.3, 0.4) is 0 Å². The first-order valence-electron chi connectivity index (χ1n) is 8.84. The van der Waals surface area contributed by atoms with Crippen LogP contribution in [0.25, 0.3) is 32.7 Å². The summed E-state index contributed by atoms with van der Waals surface area (Å²) in [7, 11) is 0. The van der Waals surface area contributed by atoms with Gasteiger partial charge < -0.3 is 0 Å². The van der Waals surface area contributed by atoms with Crippen molar-refractivity contribution in [3.63, 3.8) is 0 Å². The Hall–Kier alpha value is -2.60. The van der Waals surface area contributed by atoms with Crippen LogP contribution in [-0.4, -0.2) is 0 Å². The van der Waals surface area contributed by atoms with Crippen LogP contribution in [0.15, 0.2) is 66.7 Å². The van der Waals surface area contributed by atoms with Gasteiger partial charge in [-0.1, -0.05) is 66.7 Å². The summed E-state index contributed by atoms with van der Waals surface area (Å²) in [4.78, 5) is 0. The Bertz CT molecular complexity index is 1040. The van der Waals surface area contributed by atoms with Gasteiger partial charge in [0.25, 0.3) is 0 Å². The number of aryl methyl sites for hydroxylation is 2. The van der Waals surface area contributed by atoms with Gasteiger partial charge in [0.2, 0.25) is 0 Å². The molecule has 1 aliphatic rings. The van der Waals surface area contributed by atoms with Gasteiger partial charge in [-0.25, -0.2) is 0 Å². The molecule has 0 fully saturated rings. The van der Waals surface area contributed by atoms with Gasteiger partial charge in [-0.2, -0.15) is 0 Å². The molecule has 4 aromatic rings. The van der Waals surface area contributed by atoms with Gasteiger partial charge in [0.05, 0.1) is 0 Å². The van der Waals surface area contributed by atoms with Gasteiger partial charge in [-0.15, -0.1) is 0 Å². The molecular weight excluding hydrogens is 288 g/mol. The SMILES string of the molecule is [c]1ccc(-c2cccc3ccc4c5c(ccc4c23)CCCC5)cc1. The van der Waals surface area contributed by atoms with Crippen molar-refractivity contribution in [1.82, 2.24) is 0 Å². The maximum Gasteiger partial charge on any atom is -0.00267 e. The van der Waals surface area contributed by atoms with Crippen LogP contribution in [0, 0.1) is 6.07 Å². The van der Waals surface area contributed by atoms with Gasteiger partial charge in [-0.05, 0) is 75.5 Å². The van der Waals surface area contributed by atoms with E-state index in [4.69, 9.17) is 0 Å². The highest BCUT2D eigenvalue weighted by atomic mass is 14.2. The first-order valence-corrected chi connectivity index (χ1v) is 8.84.